The molecule has 0 aliphatic carbocycles. The second-order valence-electron chi connectivity index (χ2n) is 3.44. The largest absolute Gasteiger partial charge is 0.386 e. The molecule has 0 bridgehead atoms. The Bertz CT molecular complexity index is 539. The third-order valence-electron chi connectivity index (χ3n) is 2.37. The van der Waals surface area contributed by atoms with Crippen LogP contribution in [0.4, 0.5) is 5.69 Å². The zero-order valence-electron chi connectivity index (χ0n) is 9.34. The molecule has 0 saturated heterocycles. The number of hydrogen-bond donors (Lipinski definition) is 2. The van der Waals surface area contributed by atoms with Gasteiger partial charge in [-0.25, -0.2) is 4.98 Å². The Kier molecular flexibility index (Phi) is 3.00. The highest BCUT2D eigenvalue weighted by atomic mass is 16.1. The predicted octanol–water partition coefficient (Wildman–Crippen LogP) is 1.28. The van der Waals surface area contributed by atoms with E-state index in [1.165, 1.54) is 0 Å². The number of nitrogens with zero attached hydrogens (tertiary/aromatic N) is 2. The number of carbonyl (C=O) groups excluding carboxylic acids is 1. The summed E-state index contributed by atoms with van der Waals surface area (Å²) in [4.78, 5) is 19.5. The Hall–Kier alpha value is -2.43. The van der Waals surface area contributed by atoms with Crippen LogP contribution < -0.4 is 11.1 Å². The lowest BCUT2D eigenvalue weighted by Crippen LogP contribution is -2.15. The molecule has 86 valence electrons. The lowest BCUT2D eigenvalue weighted by atomic mass is 10.1. The second kappa shape index (κ2) is 4.61. The maximum atomic E-state index is 11.3. The summed E-state index contributed by atoms with van der Waals surface area (Å²) in [5.41, 5.74) is 7.73. The van der Waals surface area contributed by atoms with Crippen molar-refractivity contribution in [3.8, 4) is 11.3 Å². The smallest absolute Gasteiger partial charge is 0.269 e. The quantitative estimate of drug-likeness (QED) is 0.829. The van der Waals surface area contributed by atoms with Crippen LogP contribution in [0.3, 0.4) is 0 Å². The maximum absolute atomic E-state index is 11.3. The molecular formula is C12H12N4O. The molecule has 0 saturated carbocycles. The maximum Gasteiger partial charge on any atom is 0.269 e. The van der Waals surface area contributed by atoms with E-state index in [2.05, 4.69) is 15.3 Å². The van der Waals surface area contributed by atoms with E-state index in [1.807, 2.05) is 18.2 Å². The minimum Gasteiger partial charge on any atom is -0.386 e. The molecule has 0 aliphatic rings. The van der Waals surface area contributed by atoms with Crippen LogP contribution in [-0.4, -0.2) is 22.9 Å². The van der Waals surface area contributed by atoms with Gasteiger partial charge < -0.3 is 11.1 Å². The summed E-state index contributed by atoms with van der Waals surface area (Å²) in [5, 5.41) is 2.88. The Balaban J connectivity index is 2.51. The van der Waals surface area contributed by atoms with Crippen molar-refractivity contribution in [1.82, 2.24) is 9.97 Å². The van der Waals surface area contributed by atoms with Gasteiger partial charge in [0.2, 0.25) is 0 Å². The highest BCUT2D eigenvalue weighted by Crippen LogP contribution is 2.20. The molecule has 17 heavy (non-hydrogen) atoms. The van der Waals surface area contributed by atoms with Crippen LogP contribution in [0.5, 0.6) is 0 Å². The summed E-state index contributed by atoms with van der Waals surface area (Å²) in [6.07, 6.45) is 3.35. The molecule has 2 aromatic heterocycles. The van der Waals surface area contributed by atoms with Crippen molar-refractivity contribution in [2.45, 2.75) is 0 Å². The molecule has 0 aliphatic heterocycles. The topological polar surface area (TPSA) is 80.9 Å². The number of nitrogens with one attached hydrogen (secondary N) is 1. The van der Waals surface area contributed by atoms with Crippen molar-refractivity contribution >= 4 is 11.6 Å². The van der Waals surface area contributed by atoms with Crippen molar-refractivity contribution in [1.29, 1.82) is 0 Å². The highest BCUT2D eigenvalue weighted by Gasteiger charge is 2.10. The monoisotopic (exact) mass is 228 g/mol. The summed E-state index contributed by atoms with van der Waals surface area (Å²) in [7, 11) is 1.72. The van der Waals surface area contributed by atoms with Crippen molar-refractivity contribution < 1.29 is 4.79 Å². The van der Waals surface area contributed by atoms with Crippen LogP contribution in [0.2, 0.25) is 0 Å². The number of amides is 1. The van der Waals surface area contributed by atoms with Gasteiger partial charge in [-0.3, -0.25) is 9.78 Å². The van der Waals surface area contributed by atoms with Crippen LogP contribution in [0.1, 0.15) is 10.5 Å². The van der Waals surface area contributed by atoms with E-state index in [9.17, 15) is 4.79 Å². The molecule has 2 aromatic rings. The van der Waals surface area contributed by atoms with E-state index < -0.39 is 5.91 Å². The Morgan fingerprint density at radius 2 is 1.94 bits per heavy atom. The normalized spacial score (nSPS) is 9.94. The number of pyridine rings is 2. The van der Waals surface area contributed by atoms with E-state index in [0.717, 1.165) is 5.56 Å². The molecule has 0 atom stereocenters. The summed E-state index contributed by atoms with van der Waals surface area (Å²) in [5.74, 6) is -0.551. The van der Waals surface area contributed by atoms with Gasteiger partial charge >= 0.3 is 0 Å². The number of anilines is 1. The first-order chi connectivity index (χ1) is 8.22. The van der Waals surface area contributed by atoms with Gasteiger partial charge in [0.05, 0.1) is 11.4 Å². The third kappa shape index (κ3) is 2.23. The number of rotatable bonds is 3. The molecule has 0 spiro atoms. The molecule has 0 unspecified atom stereocenters. The van der Waals surface area contributed by atoms with Crippen molar-refractivity contribution in [2.24, 2.45) is 5.73 Å². The number of carbonyl (C=O) groups is 1. The van der Waals surface area contributed by atoms with Crippen molar-refractivity contribution in [2.75, 3.05) is 12.4 Å². The van der Waals surface area contributed by atoms with Crippen LogP contribution >= 0.6 is 0 Å². The SMILES string of the molecule is CNc1ccc(-c2ccncc2)nc1C(N)=O. The molecule has 0 aromatic carbocycles. The van der Waals surface area contributed by atoms with Gasteiger partial charge in [-0.05, 0) is 24.3 Å². The minimum absolute atomic E-state index is 0.238. The van der Waals surface area contributed by atoms with Crippen LogP contribution in [0.15, 0.2) is 36.7 Å². The second-order valence-corrected chi connectivity index (χ2v) is 3.44. The summed E-state index contributed by atoms with van der Waals surface area (Å²) < 4.78 is 0. The fourth-order valence-corrected chi connectivity index (χ4v) is 1.53. The summed E-state index contributed by atoms with van der Waals surface area (Å²) in [6.45, 7) is 0. The van der Waals surface area contributed by atoms with Gasteiger partial charge in [-0.15, -0.1) is 0 Å². The van der Waals surface area contributed by atoms with Crippen LogP contribution in [-0.2, 0) is 0 Å². The van der Waals surface area contributed by atoms with E-state index in [0.29, 0.717) is 11.4 Å². The van der Waals surface area contributed by atoms with Gasteiger partial charge in [0.25, 0.3) is 5.91 Å². The molecular weight excluding hydrogens is 216 g/mol. The molecule has 3 N–H and O–H groups in total. The van der Waals surface area contributed by atoms with Gasteiger partial charge in [0.1, 0.15) is 0 Å². The first-order valence-corrected chi connectivity index (χ1v) is 5.11. The average Bonchev–Trinajstić information content (AvgIpc) is 2.39. The average molecular weight is 228 g/mol. The first kappa shape index (κ1) is 11.1. The van der Waals surface area contributed by atoms with Crippen LogP contribution in [0, 0.1) is 0 Å². The number of primary amides is 1. The zero-order chi connectivity index (χ0) is 12.3. The van der Waals surface area contributed by atoms with Gasteiger partial charge in [-0.2, -0.15) is 0 Å². The van der Waals surface area contributed by atoms with Gasteiger partial charge in [-0.1, -0.05) is 0 Å². The first-order valence-electron chi connectivity index (χ1n) is 5.11. The Labute approximate surface area is 98.7 Å². The molecule has 5 heteroatoms. The summed E-state index contributed by atoms with van der Waals surface area (Å²) in [6, 6.07) is 7.26. The Morgan fingerprint density at radius 1 is 1.24 bits per heavy atom. The molecule has 0 fully saturated rings. The van der Waals surface area contributed by atoms with E-state index in [4.69, 9.17) is 5.73 Å². The lowest BCUT2D eigenvalue weighted by Gasteiger charge is -2.07. The molecule has 2 rings (SSSR count). The van der Waals surface area contributed by atoms with Gasteiger partial charge in [0.15, 0.2) is 5.69 Å². The standard InChI is InChI=1S/C12H12N4O/c1-14-10-3-2-9(16-11(10)12(13)17)8-4-6-15-7-5-8/h2-7,14H,1H3,(H2,13,17). The van der Waals surface area contributed by atoms with E-state index in [-0.39, 0.29) is 5.69 Å². The number of aromatic nitrogens is 2. The molecule has 2 heterocycles. The molecule has 1 amide bonds. The summed E-state index contributed by atoms with van der Waals surface area (Å²) >= 11 is 0. The number of nitrogens with two attached hydrogens (primary N) is 1. The van der Waals surface area contributed by atoms with E-state index >= 15 is 0 Å². The van der Waals surface area contributed by atoms with Crippen molar-refractivity contribution in [3.05, 3.63) is 42.4 Å². The van der Waals surface area contributed by atoms with Gasteiger partial charge in [0, 0.05) is 25.0 Å². The zero-order valence-corrected chi connectivity index (χ0v) is 9.34. The fraction of sp³-hybridized carbons (Fsp3) is 0.0833. The molecule has 5 nitrogen and oxygen atoms in total. The Morgan fingerprint density at radius 3 is 2.53 bits per heavy atom. The predicted molar refractivity (Wildman–Crippen MR) is 65.5 cm³/mol. The third-order valence-corrected chi connectivity index (χ3v) is 2.37. The fourth-order valence-electron chi connectivity index (χ4n) is 1.53. The highest BCUT2D eigenvalue weighted by molar-refractivity contribution is 5.97. The lowest BCUT2D eigenvalue weighted by molar-refractivity contribution is 0.0996. The van der Waals surface area contributed by atoms with E-state index in [1.54, 1.807) is 25.5 Å². The number of hydrogen-bond acceptors (Lipinski definition) is 4. The minimum atomic E-state index is -0.551. The molecule has 0 radical (unpaired) electrons. The van der Waals surface area contributed by atoms with Crippen molar-refractivity contribution in [3.63, 3.8) is 0 Å². The van der Waals surface area contributed by atoms with Crippen LogP contribution in [0.25, 0.3) is 11.3 Å².